The van der Waals surface area contributed by atoms with Gasteiger partial charge < -0.3 is 15.5 Å². The second-order valence-electron chi connectivity index (χ2n) is 11.6. The van der Waals surface area contributed by atoms with Crippen molar-refractivity contribution in [3.63, 3.8) is 0 Å². The molecule has 0 radical (unpaired) electrons. The number of nitrogen functional groups attached to an aromatic ring is 1. The van der Waals surface area contributed by atoms with Crippen molar-refractivity contribution in [2.75, 3.05) is 30.3 Å². The first-order chi connectivity index (χ1) is 21.7. The molecule has 2 unspecified atom stereocenters. The van der Waals surface area contributed by atoms with Crippen LogP contribution in [0.15, 0.2) is 40.8 Å². The number of hydrogen-bond acceptors (Lipinski definition) is 7. The van der Waals surface area contributed by atoms with E-state index in [-0.39, 0.29) is 70.7 Å². The van der Waals surface area contributed by atoms with Crippen LogP contribution in [0.5, 0.6) is 0 Å². The molecule has 14 heteroatoms. The molecule has 0 aliphatic carbocycles. The molecule has 1 amide bonds. The number of allylic oxidation sites excluding steroid dienone is 1. The predicted molar refractivity (Wildman–Crippen MR) is 169 cm³/mol. The molecule has 2 aliphatic heterocycles. The van der Waals surface area contributed by atoms with Crippen LogP contribution >= 0.6 is 11.6 Å². The monoisotopic (exact) mass is 655 g/mol. The molecule has 3 atom stereocenters. The quantitative estimate of drug-likeness (QED) is 0.123. The number of nitrogens with zero attached hydrogens (tertiary/aromatic N) is 6. The zero-order chi connectivity index (χ0) is 33.8. The Hall–Kier alpha value is -4.70. The molecule has 0 bridgehead atoms. The van der Waals surface area contributed by atoms with Crippen molar-refractivity contribution in [1.82, 2.24) is 14.5 Å². The van der Waals surface area contributed by atoms with Gasteiger partial charge in [-0.3, -0.25) is 19.1 Å². The van der Waals surface area contributed by atoms with Crippen LogP contribution in [0.3, 0.4) is 0 Å². The number of rotatable bonds is 5. The van der Waals surface area contributed by atoms with E-state index >= 15 is 4.39 Å². The zero-order valence-corrected chi connectivity index (χ0v) is 26.2. The van der Waals surface area contributed by atoms with Crippen LogP contribution in [0.1, 0.15) is 39.3 Å². The highest BCUT2D eigenvalue weighted by atomic mass is 35.5. The van der Waals surface area contributed by atoms with Crippen molar-refractivity contribution < 1.29 is 22.4 Å². The molecule has 2 aromatic heterocycles. The van der Waals surface area contributed by atoms with E-state index in [2.05, 4.69) is 16.6 Å². The molecule has 4 heterocycles. The maximum absolute atomic E-state index is 15.2. The molecule has 240 valence electrons. The second-order valence-corrected chi connectivity index (χ2v) is 12.0. The van der Waals surface area contributed by atoms with E-state index < -0.39 is 51.8 Å². The van der Waals surface area contributed by atoms with Crippen molar-refractivity contribution in [3.05, 3.63) is 75.2 Å². The minimum atomic E-state index is -2.11. The van der Waals surface area contributed by atoms with E-state index in [1.165, 1.54) is 16.7 Å². The summed E-state index contributed by atoms with van der Waals surface area (Å²) in [5, 5.41) is 10.3. The van der Waals surface area contributed by atoms with E-state index in [0.29, 0.717) is 5.71 Å². The molecule has 9 nitrogen and oxygen atoms in total. The topological polar surface area (TPSA) is 121 Å². The number of amides is 1. The fourth-order valence-electron chi connectivity index (χ4n) is 6.21. The van der Waals surface area contributed by atoms with Crippen LogP contribution in [-0.2, 0) is 4.79 Å². The zero-order valence-electron chi connectivity index (χ0n) is 25.4. The molecule has 0 saturated carbocycles. The molecular formula is C32H30ClF4N7O2. The number of pyridine rings is 2. The Morgan fingerprint density at radius 2 is 1.85 bits per heavy atom. The molecule has 5 rings (SSSR count). The minimum Gasteiger partial charge on any atom is -0.396 e. The first kappa shape index (κ1) is 32.7. The summed E-state index contributed by atoms with van der Waals surface area (Å²) in [4.78, 5) is 39.2. The van der Waals surface area contributed by atoms with Gasteiger partial charge >= 0.3 is 0 Å². The Bertz CT molecular complexity index is 1940. The number of hydrogen-bond donors (Lipinski definition) is 1. The summed E-state index contributed by atoms with van der Waals surface area (Å²) >= 11 is 6.62. The number of fused-ring (bicyclic) bond motifs is 1. The van der Waals surface area contributed by atoms with Crippen LogP contribution in [0.4, 0.5) is 28.9 Å². The van der Waals surface area contributed by atoms with E-state index in [0.717, 1.165) is 0 Å². The average molecular weight is 656 g/mol. The van der Waals surface area contributed by atoms with Crippen molar-refractivity contribution in [2.24, 2.45) is 16.8 Å². The van der Waals surface area contributed by atoms with E-state index in [4.69, 9.17) is 17.3 Å². The SMILES string of the molecule is C=CC(=O)N1CCN(c2c(C#N)c(=O)n(C3C(C(C)C)=NC=CC3C)c3nc(-c4c(N)c(F)c(F)c(F)c4F)c(Cl)cc23)C[C@H]1C. The third-order valence-electron chi connectivity index (χ3n) is 8.45. The molecule has 46 heavy (non-hydrogen) atoms. The third kappa shape index (κ3) is 5.10. The Labute approximate surface area is 266 Å². The number of aliphatic imine (C=N–C) groups is 1. The van der Waals surface area contributed by atoms with Crippen LogP contribution in [-0.4, -0.2) is 51.7 Å². The van der Waals surface area contributed by atoms with Gasteiger partial charge in [0.15, 0.2) is 23.3 Å². The van der Waals surface area contributed by atoms with Crippen molar-refractivity contribution in [3.8, 4) is 17.3 Å². The third-order valence-corrected chi connectivity index (χ3v) is 8.73. The van der Waals surface area contributed by atoms with Crippen molar-refractivity contribution >= 4 is 45.6 Å². The number of nitrogens with two attached hydrogens (primary N) is 1. The summed E-state index contributed by atoms with van der Waals surface area (Å²) in [5.74, 6) is -8.64. The number of piperazine rings is 1. The summed E-state index contributed by atoms with van der Waals surface area (Å²) in [6, 6.07) is 2.22. The van der Waals surface area contributed by atoms with Crippen molar-refractivity contribution in [1.29, 1.82) is 5.26 Å². The highest BCUT2D eigenvalue weighted by Crippen LogP contribution is 2.42. The van der Waals surface area contributed by atoms with Gasteiger partial charge in [0.05, 0.1) is 33.7 Å². The molecule has 2 aliphatic rings. The van der Waals surface area contributed by atoms with Gasteiger partial charge in [-0.05, 0) is 25.0 Å². The molecule has 2 N–H and O–H groups in total. The van der Waals surface area contributed by atoms with Crippen LogP contribution < -0.4 is 16.2 Å². The van der Waals surface area contributed by atoms with Gasteiger partial charge in [-0.25, -0.2) is 22.5 Å². The Balaban J connectivity index is 1.89. The van der Waals surface area contributed by atoms with Gasteiger partial charge in [0.2, 0.25) is 5.91 Å². The molecule has 1 fully saturated rings. The van der Waals surface area contributed by atoms with E-state index in [1.54, 1.807) is 29.0 Å². The van der Waals surface area contributed by atoms with E-state index in [1.807, 2.05) is 26.8 Å². The first-order valence-corrected chi connectivity index (χ1v) is 14.9. The van der Waals surface area contributed by atoms with Crippen LogP contribution in [0, 0.1) is 46.4 Å². The van der Waals surface area contributed by atoms with Crippen LogP contribution in [0.2, 0.25) is 5.02 Å². The maximum atomic E-state index is 15.2. The largest absolute Gasteiger partial charge is 0.396 e. The number of carbonyl (C=O) groups excluding carboxylic acids is 1. The fraction of sp³-hybridized carbons (Fsp3) is 0.344. The smallest absolute Gasteiger partial charge is 0.272 e. The maximum Gasteiger partial charge on any atom is 0.272 e. The number of halogens is 5. The molecule has 3 aromatic rings. The number of aromatic nitrogens is 2. The highest BCUT2D eigenvalue weighted by Gasteiger charge is 2.36. The molecule has 1 aromatic carbocycles. The Kier molecular flexibility index (Phi) is 8.70. The Morgan fingerprint density at radius 1 is 1.17 bits per heavy atom. The molecular weight excluding hydrogens is 626 g/mol. The van der Waals surface area contributed by atoms with Gasteiger partial charge in [-0.1, -0.05) is 45.0 Å². The summed E-state index contributed by atoms with van der Waals surface area (Å²) < 4.78 is 59.6. The first-order valence-electron chi connectivity index (χ1n) is 14.5. The van der Waals surface area contributed by atoms with Gasteiger partial charge in [-0.2, -0.15) is 5.26 Å². The molecule has 0 spiro atoms. The number of benzene rings is 1. The average Bonchev–Trinajstić information content (AvgIpc) is 3.02. The lowest BCUT2D eigenvalue weighted by molar-refractivity contribution is -0.128. The van der Waals surface area contributed by atoms with Gasteiger partial charge in [0.1, 0.15) is 17.3 Å². The highest BCUT2D eigenvalue weighted by molar-refractivity contribution is 6.34. The minimum absolute atomic E-state index is 0.0971. The predicted octanol–water partition coefficient (Wildman–Crippen LogP) is 5.75. The lowest BCUT2D eigenvalue weighted by Gasteiger charge is -2.41. The summed E-state index contributed by atoms with van der Waals surface area (Å²) in [6.07, 6.45) is 4.59. The standard InChI is InChI=1S/C32H30ClF4N7O2/c1-6-20(45)43-10-9-42(13-16(43)5)30-17-11-19(33)28(21-22(34)23(35)24(36)25(37)26(21)39)41-31(17)44(32(46)18(30)12-38)29-15(4)7-8-40-27(29)14(2)3/h6-8,11,14-16,29H,1,9-10,13,39H2,2-5H3/t15?,16-,29?/m1/s1. The summed E-state index contributed by atoms with van der Waals surface area (Å²) in [7, 11) is 0. The van der Waals surface area contributed by atoms with Crippen molar-refractivity contribution in [2.45, 2.75) is 39.8 Å². The number of anilines is 2. The van der Waals surface area contributed by atoms with Gasteiger partial charge in [0, 0.05) is 48.9 Å². The summed E-state index contributed by atoms with van der Waals surface area (Å²) in [5.41, 5.74) is 2.90. The second kappa shape index (κ2) is 12.2. The lowest BCUT2D eigenvalue weighted by atomic mass is 9.88. The Morgan fingerprint density at radius 3 is 2.46 bits per heavy atom. The summed E-state index contributed by atoms with van der Waals surface area (Å²) in [6.45, 7) is 11.6. The lowest BCUT2D eigenvalue weighted by Crippen LogP contribution is -2.54. The fourth-order valence-corrected chi connectivity index (χ4v) is 6.46. The van der Waals surface area contributed by atoms with Crippen LogP contribution in [0.25, 0.3) is 22.3 Å². The van der Waals surface area contributed by atoms with Gasteiger partial charge in [0.25, 0.3) is 5.56 Å². The molecule has 1 saturated heterocycles. The van der Waals surface area contributed by atoms with Gasteiger partial charge in [-0.15, -0.1) is 0 Å². The number of nitriles is 1. The van der Waals surface area contributed by atoms with E-state index in [9.17, 15) is 28.0 Å². The number of carbonyl (C=O) groups is 1. The normalized spacial score (nSPS) is 19.8.